The molecule has 6 rings (SSSR count). The van der Waals surface area contributed by atoms with E-state index in [0.717, 1.165) is 22.6 Å². The van der Waals surface area contributed by atoms with Crippen LogP contribution < -0.4 is 31.7 Å². The predicted molar refractivity (Wildman–Crippen MR) is 178 cm³/mol. The van der Waals surface area contributed by atoms with Crippen LogP contribution in [0, 0.1) is 0 Å². The fraction of sp³-hybridized carbons (Fsp3) is 0.545. The van der Waals surface area contributed by atoms with Crippen molar-refractivity contribution in [3.05, 3.63) is 33.4 Å². The summed E-state index contributed by atoms with van der Waals surface area (Å²) in [4.78, 5) is 89.3. The van der Waals surface area contributed by atoms with Gasteiger partial charge in [-0.1, -0.05) is 9.97 Å². The number of nitrogens with one attached hydrogen (secondary N) is 3. The number of imidazole rings is 2. The van der Waals surface area contributed by atoms with E-state index in [4.69, 9.17) is 30.2 Å². The number of methoxy groups -OCH3 is 1. The summed E-state index contributed by atoms with van der Waals surface area (Å²) in [5, 5.41) is 21.2. The van der Waals surface area contributed by atoms with Crippen LogP contribution in [0.3, 0.4) is 0 Å². The zero-order valence-electron chi connectivity index (χ0n) is 28.7. The van der Waals surface area contributed by atoms with Crippen molar-refractivity contribution in [2.75, 3.05) is 31.8 Å². The molecule has 4 aromatic rings. The lowest BCUT2D eigenvalue weighted by Gasteiger charge is -2.23. The minimum atomic E-state index is -6.11. The van der Waals surface area contributed by atoms with Crippen molar-refractivity contribution in [2.24, 2.45) is 7.05 Å². The molecule has 0 saturated carbocycles. The Kier molecular flexibility index (Phi) is 11.9. The van der Waals surface area contributed by atoms with Gasteiger partial charge >= 0.3 is 42.6 Å². The second-order valence-corrected chi connectivity index (χ2v) is 17.9. The molecule has 4 aromatic heterocycles. The molecule has 0 aromatic carbocycles. The molecule has 0 radical (unpaired) electrons. The summed E-state index contributed by atoms with van der Waals surface area (Å²) >= 11 is 0. The molecule has 7 unspecified atom stereocenters. The van der Waals surface area contributed by atoms with Gasteiger partial charge in [-0.25, -0.2) is 27.4 Å². The number of phosphoric acid groups is 4. The summed E-state index contributed by atoms with van der Waals surface area (Å²) in [5.74, 6) is -0.630. The summed E-state index contributed by atoms with van der Waals surface area (Å²) < 4.78 is 92.1. The standard InChI is InChI=1S/C22H32N10O21P4/c1-30-6-32(16-10(30)18(36)29-22(24)27-16)19-12(34)11(33)7(49-19)3-47-55(40,41)52-57(44,45)53-56(42,43)48-4-8-13(51-54(37,38)39)14(46-2)20(50-8)31-5-25-9-15(31)26-21(23)28-17(9)35/h5-8,11-14,19-20,33-34H,3-4H2,1-2H3,(H10-,23,24,26,27,28,29,35,36,37,38,39,40,41,42,43,44,45)/p+2/t7-,8-,11?,12?,13?,14?,19-,20-/m1/s1. The topological polar surface area (TPSA) is 456 Å². The molecule has 0 aliphatic carbocycles. The molecule has 2 aliphatic rings. The number of rotatable bonds is 15. The maximum Gasteiger partial charge on any atom is 0.490 e. The number of hydrogen-bond acceptors (Lipinski definition) is 20. The maximum atomic E-state index is 12.7. The minimum Gasteiger partial charge on any atom is -0.387 e. The maximum absolute atomic E-state index is 12.7. The largest absolute Gasteiger partial charge is 0.490 e. The van der Waals surface area contributed by atoms with Crippen molar-refractivity contribution < 1.29 is 98.5 Å². The van der Waals surface area contributed by atoms with Crippen LogP contribution in [0.2, 0.25) is 0 Å². The molecule has 0 spiro atoms. The summed E-state index contributed by atoms with van der Waals surface area (Å²) in [7, 11) is -20.6. The Hall–Kier alpha value is -3.38. The second-order valence-electron chi connectivity index (χ2n) is 12.1. The van der Waals surface area contributed by atoms with Crippen molar-refractivity contribution in [3.8, 4) is 0 Å². The number of phosphoric ester groups is 3. The smallest absolute Gasteiger partial charge is 0.387 e. The molecule has 11 atom stereocenters. The summed E-state index contributed by atoms with van der Waals surface area (Å²) in [5.41, 5.74) is 9.52. The Morgan fingerprint density at radius 1 is 0.807 bits per heavy atom. The van der Waals surface area contributed by atoms with Gasteiger partial charge < -0.3 is 60.4 Å². The SMILES string of the molecule is COC1C(OP(=O)(O)O)[C@@H](COP(=O)(O)OP(=O)(O)OP(=O)(O)OC[C@H]2O[C@@H]([n+]3cn(C)c4c(=O)[nH]c(N)nc43)C(O)C2O)O[C@H]1[n+]1c[nH]c2c(=O)[nH]c(N)nc21. The van der Waals surface area contributed by atoms with Gasteiger partial charge in [0.25, 0.3) is 23.0 Å². The summed E-state index contributed by atoms with van der Waals surface area (Å²) in [6.45, 7) is -2.34. The van der Waals surface area contributed by atoms with Gasteiger partial charge in [0.1, 0.15) is 36.6 Å². The monoisotopic (exact) mass is 898 g/mol. The number of fused-ring (bicyclic) bond motifs is 2. The quantitative estimate of drug-likeness (QED) is 0.0396. The Labute approximate surface area is 314 Å². The number of nitrogens with two attached hydrogens (primary N) is 2. The Bertz CT molecular complexity index is 2490. The molecule has 2 saturated heterocycles. The molecule has 2 fully saturated rings. The molecule has 57 heavy (non-hydrogen) atoms. The number of aliphatic hydroxyl groups is 2. The van der Waals surface area contributed by atoms with E-state index in [0.29, 0.717) is 0 Å². The Balaban J connectivity index is 1.10. The molecule has 6 heterocycles. The fourth-order valence-corrected chi connectivity index (χ4v) is 10.1. The van der Waals surface area contributed by atoms with Gasteiger partial charge in [-0.05, 0) is 0 Å². The van der Waals surface area contributed by atoms with Crippen molar-refractivity contribution >= 4 is 65.5 Å². The zero-order chi connectivity index (χ0) is 42.0. The predicted octanol–water partition coefficient (Wildman–Crippen LogP) is -4.36. The number of aliphatic hydroxyl groups excluding tert-OH is 2. The van der Waals surface area contributed by atoms with Gasteiger partial charge in [-0.2, -0.15) is 8.62 Å². The van der Waals surface area contributed by atoms with Crippen LogP contribution in [0.1, 0.15) is 12.5 Å². The average molecular weight is 898 g/mol. The highest BCUT2D eigenvalue weighted by Crippen LogP contribution is 2.68. The number of hydrogen-bond donors (Lipinski definition) is 12. The number of aromatic amines is 3. The van der Waals surface area contributed by atoms with Crippen molar-refractivity contribution in [1.82, 2.24) is 29.5 Å². The van der Waals surface area contributed by atoms with Crippen LogP contribution in [-0.4, -0.2) is 121 Å². The first-order valence-corrected chi connectivity index (χ1v) is 21.6. The first-order valence-electron chi connectivity index (χ1n) is 15.6. The molecule has 31 nitrogen and oxygen atoms in total. The number of nitrogens with zero attached hydrogens (tertiary/aromatic N) is 5. The number of ether oxygens (including phenoxy) is 3. The van der Waals surface area contributed by atoms with E-state index < -0.39 is 105 Å². The number of aryl methyl sites for hydroxylation is 1. The molecular formula is C22H34N10O21P4+2. The number of anilines is 2. The van der Waals surface area contributed by atoms with Gasteiger partial charge in [-0.3, -0.25) is 42.7 Å². The highest BCUT2D eigenvalue weighted by molar-refractivity contribution is 7.66. The lowest BCUT2D eigenvalue weighted by Crippen LogP contribution is -2.47. The summed E-state index contributed by atoms with van der Waals surface area (Å²) in [6.07, 6.45) is -10.9. The van der Waals surface area contributed by atoms with Crippen LogP contribution in [-0.2, 0) is 61.7 Å². The molecule has 14 N–H and O–H groups in total. The average Bonchev–Trinajstić information content (AvgIpc) is 3.80. The van der Waals surface area contributed by atoms with E-state index in [1.54, 1.807) is 0 Å². The van der Waals surface area contributed by atoms with Crippen molar-refractivity contribution in [1.29, 1.82) is 0 Å². The van der Waals surface area contributed by atoms with E-state index in [-0.39, 0.29) is 34.2 Å². The molecule has 35 heteroatoms. The van der Waals surface area contributed by atoms with E-state index in [1.165, 1.54) is 17.9 Å². The van der Waals surface area contributed by atoms with Gasteiger partial charge in [0.15, 0.2) is 12.7 Å². The van der Waals surface area contributed by atoms with Gasteiger partial charge in [0, 0.05) is 7.11 Å². The first-order chi connectivity index (χ1) is 26.4. The molecular weight excluding hydrogens is 864 g/mol. The van der Waals surface area contributed by atoms with Crippen LogP contribution in [0.4, 0.5) is 11.9 Å². The van der Waals surface area contributed by atoms with Crippen LogP contribution in [0.5, 0.6) is 0 Å². The van der Waals surface area contributed by atoms with Crippen molar-refractivity contribution in [2.45, 2.75) is 49.1 Å². The van der Waals surface area contributed by atoms with Crippen LogP contribution in [0.25, 0.3) is 22.3 Å². The lowest BCUT2D eigenvalue weighted by atomic mass is 10.1. The van der Waals surface area contributed by atoms with E-state index in [9.17, 15) is 62.5 Å². The number of H-pyrrole nitrogens is 3. The van der Waals surface area contributed by atoms with Crippen LogP contribution in [0.15, 0.2) is 22.2 Å². The Morgan fingerprint density at radius 3 is 1.96 bits per heavy atom. The fourth-order valence-electron chi connectivity index (χ4n) is 6.00. The van der Waals surface area contributed by atoms with Crippen LogP contribution >= 0.6 is 31.3 Å². The Morgan fingerprint density at radius 2 is 1.37 bits per heavy atom. The minimum absolute atomic E-state index is 0.00785. The zero-order valence-corrected chi connectivity index (χ0v) is 32.3. The van der Waals surface area contributed by atoms with E-state index >= 15 is 0 Å². The van der Waals surface area contributed by atoms with Gasteiger partial charge in [0.05, 0.1) is 20.3 Å². The second kappa shape index (κ2) is 15.7. The number of aromatic nitrogens is 8. The van der Waals surface area contributed by atoms with Gasteiger partial charge in [-0.15, -0.1) is 0 Å². The molecule has 0 bridgehead atoms. The lowest BCUT2D eigenvalue weighted by molar-refractivity contribution is -0.746. The molecule has 316 valence electrons. The van der Waals surface area contributed by atoms with Crippen molar-refractivity contribution in [3.63, 3.8) is 0 Å². The molecule has 0 amide bonds. The van der Waals surface area contributed by atoms with E-state index in [1.807, 2.05) is 0 Å². The third kappa shape index (κ3) is 9.27. The highest BCUT2D eigenvalue weighted by Gasteiger charge is 2.53. The number of nitrogen functional groups attached to an aromatic ring is 2. The van der Waals surface area contributed by atoms with Gasteiger partial charge in [0.2, 0.25) is 23.5 Å². The van der Waals surface area contributed by atoms with E-state index in [2.05, 4.69) is 42.6 Å². The third-order valence-electron chi connectivity index (χ3n) is 8.22. The molecule has 2 aliphatic heterocycles. The summed E-state index contributed by atoms with van der Waals surface area (Å²) in [6, 6.07) is 0. The normalized spacial score (nSPS) is 28.8. The first kappa shape index (κ1) is 43.2. The third-order valence-corrected chi connectivity index (χ3v) is 13.0. The highest BCUT2D eigenvalue weighted by atomic mass is 31.3.